The minimum Gasteiger partial charge on any atom is -0.387 e. The number of aliphatic hydroxyl groups is 1. The predicted molar refractivity (Wildman–Crippen MR) is 45.6 cm³/mol. The normalized spacial score (nSPS) is 13.2. The van der Waals surface area contributed by atoms with E-state index in [2.05, 4.69) is 17.2 Å². The minimum absolute atomic E-state index is 0.462. The van der Waals surface area contributed by atoms with Crippen molar-refractivity contribution in [1.29, 1.82) is 0 Å². The maximum atomic E-state index is 9.39. The summed E-state index contributed by atoms with van der Waals surface area (Å²) in [5.41, 5.74) is 0.672. The van der Waals surface area contributed by atoms with Crippen molar-refractivity contribution in [1.82, 2.24) is 15.0 Å². The van der Waals surface area contributed by atoms with E-state index in [4.69, 9.17) is 0 Å². The van der Waals surface area contributed by atoms with Crippen molar-refractivity contribution in [3.63, 3.8) is 0 Å². The molecule has 0 saturated carbocycles. The van der Waals surface area contributed by atoms with Crippen LogP contribution in [-0.4, -0.2) is 20.1 Å². The Morgan fingerprint density at radius 1 is 1.58 bits per heavy atom. The molecule has 0 amide bonds. The van der Waals surface area contributed by atoms with Crippen LogP contribution in [0.1, 0.15) is 38.5 Å². The van der Waals surface area contributed by atoms with E-state index >= 15 is 0 Å². The van der Waals surface area contributed by atoms with Crippen molar-refractivity contribution >= 4 is 0 Å². The second-order valence-corrected chi connectivity index (χ2v) is 2.83. The molecule has 0 aromatic carbocycles. The standard InChI is InChI=1S/C8H15N3O/c1-3-5-11-6-7(9-10-11)8(12)4-2/h6,8,12H,3-5H2,1-2H3. The van der Waals surface area contributed by atoms with E-state index in [1.54, 1.807) is 10.9 Å². The maximum absolute atomic E-state index is 9.39. The molecule has 4 nitrogen and oxygen atoms in total. The van der Waals surface area contributed by atoms with Gasteiger partial charge in [0, 0.05) is 6.54 Å². The second kappa shape index (κ2) is 4.21. The molecule has 68 valence electrons. The predicted octanol–water partition coefficient (Wildman–Crippen LogP) is 1.13. The van der Waals surface area contributed by atoms with Gasteiger partial charge in [0.25, 0.3) is 0 Å². The molecule has 1 heterocycles. The fraction of sp³-hybridized carbons (Fsp3) is 0.750. The van der Waals surface area contributed by atoms with Crippen molar-refractivity contribution in [2.75, 3.05) is 0 Å². The zero-order chi connectivity index (χ0) is 8.97. The molecule has 0 saturated heterocycles. The summed E-state index contributed by atoms with van der Waals surface area (Å²) in [5, 5.41) is 17.1. The molecule has 1 N–H and O–H groups in total. The number of aliphatic hydroxyl groups excluding tert-OH is 1. The Morgan fingerprint density at radius 3 is 2.92 bits per heavy atom. The molecule has 4 heteroatoms. The lowest BCUT2D eigenvalue weighted by Crippen LogP contribution is -1.96. The Labute approximate surface area is 72.2 Å². The number of rotatable bonds is 4. The molecule has 0 aliphatic carbocycles. The van der Waals surface area contributed by atoms with Crippen LogP contribution in [0.5, 0.6) is 0 Å². The monoisotopic (exact) mass is 169 g/mol. The molecule has 1 atom stereocenters. The van der Waals surface area contributed by atoms with Gasteiger partial charge in [0.2, 0.25) is 0 Å². The molecule has 1 rings (SSSR count). The summed E-state index contributed by atoms with van der Waals surface area (Å²) in [6, 6.07) is 0. The van der Waals surface area contributed by atoms with Crippen LogP contribution in [0.15, 0.2) is 6.20 Å². The molecule has 0 bridgehead atoms. The Morgan fingerprint density at radius 2 is 2.33 bits per heavy atom. The van der Waals surface area contributed by atoms with Gasteiger partial charge >= 0.3 is 0 Å². The molecule has 0 fully saturated rings. The van der Waals surface area contributed by atoms with Crippen LogP contribution in [0.25, 0.3) is 0 Å². The molecule has 1 unspecified atom stereocenters. The first kappa shape index (κ1) is 9.19. The molecule has 12 heavy (non-hydrogen) atoms. The lowest BCUT2D eigenvalue weighted by Gasteiger charge is -2.00. The quantitative estimate of drug-likeness (QED) is 0.735. The van der Waals surface area contributed by atoms with E-state index < -0.39 is 6.10 Å². The molecular formula is C8H15N3O. The molecule has 0 spiro atoms. The Bertz CT molecular complexity index is 234. The van der Waals surface area contributed by atoms with Gasteiger partial charge in [0.15, 0.2) is 0 Å². The van der Waals surface area contributed by atoms with Gasteiger partial charge in [0.05, 0.1) is 12.3 Å². The Balaban J connectivity index is 2.63. The minimum atomic E-state index is -0.462. The lowest BCUT2D eigenvalue weighted by atomic mass is 10.2. The van der Waals surface area contributed by atoms with E-state index in [9.17, 15) is 5.11 Å². The first-order valence-corrected chi connectivity index (χ1v) is 4.36. The highest BCUT2D eigenvalue weighted by Crippen LogP contribution is 2.11. The van der Waals surface area contributed by atoms with Crippen LogP contribution in [-0.2, 0) is 6.54 Å². The summed E-state index contributed by atoms with van der Waals surface area (Å²) < 4.78 is 1.76. The number of aryl methyl sites for hydroxylation is 1. The van der Waals surface area contributed by atoms with Gasteiger partial charge in [-0.15, -0.1) is 5.10 Å². The molecular weight excluding hydrogens is 154 g/mol. The zero-order valence-electron chi connectivity index (χ0n) is 7.56. The van der Waals surface area contributed by atoms with E-state index in [1.807, 2.05) is 6.92 Å². The third kappa shape index (κ3) is 2.04. The molecule has 0 aliphatic rings. The van der Waals surface area contributed by atoms with Crippen molar-refractivity contribution in [3.8, 4) is 0 Å². The summed E-state index contributed by atoms with van der Waals surface area (Å²) in [6.07, 6.45) is 3.06. The summed E-state index contributed by atoms with van der Waals surface area (Å²) in [6.45, 7) is 4.87. The number of hydrogen-bond acceptors (Lipinski definition) is 3. The van der Waals surface area contributed by atoms with E-state index in [1.165, 1.54) is 0 Å². The topological polar surface area (TPSA) is 50.9 Å². The average molecular weight is 169 g/mol. The summed E-state index contributed by atoms with van der Waals surface area (Å²) >= 11 is 0. The highest BCUT2D eigenvalue weighted by molar-refractivity contribution is 4.96. The molecule has 1 aromatic heterocycles. The summed E-state index contributed by atoms with van der Waals surface area (Å²) in [5.74, 6) is 0. The first-order valence-electron chi connectivity index (χ1n) is 4.36. The van der Waals surface area contributed by atoms with Gasteiger partial charge in [0.1, 0.15) is 5.69 Å². The lowest BCUT2D eigenvalue weighted by molar-refractivity contribution is 0.168. The maximum Gasteiger partial charge on any atom is 0.111 e. The average Bonchev–Trinajstić information content (AvgIpc) is 2.52. The SMILES string of the molecule is CCCn1cc(C(O)CC)nn1. The fourth-order valence-corrected chi connectivity index (χ4v) is 1.01. The van der Waals surface area contributed by atoms with Gasteiger partial charge < -0.3 is 5.11 Å². The van der Waals surface area contributed by atoms with E-state index in [0.717, 1.165) is 13.0 Å². The largest absolute Gasteiger partial charge is 0.387 e. The van der Waals surface area contributed by atoms with Gasteiger partial charge in [-0.25, -0.2) is 0 Å². The Hall–Kier alpha value is -0.900. The third-order valence-corrected chi connectivity index (χ3v) is 1.74. The van der Waals surface area contributed by atoms with Crippen molar-refractivity contribution in [2.45, 2.75) is 39.3 Å². The van der Waals surface area contributed by atoms with Crippen molar-refractivity contribution in [2.24, 2.45) is 0 Å². The number of nitrogens with zero attached hydrogens (tertiary/aromatic N) is 3. The highest BCUT2D eigenvalue weighted by atomic mass is 16.3. The highest BCUT2D eigenvalue weighted by Gasteiger charge is 2.08. The summed E-state index contributed by atoms with van der Waals surface area (Å²) in [4.78, 5) is 0. The van der Waals surface area contributed by atoms with Gasteiger partial charge in [-0.3, -0.25) is 4.68 Å². The second-order valence-electron chi connectivity index (χ2n) is 2.83. The van der Waals surface area contributed by atoms with Gasteiger partial charge in [-0.05, 0) is 12.8 Å². The van der Waals surface area contributed by atoms with Crippen molar-refractivity contribution in [3.05, 3.63) is 11.9 Å². The first-order chi connectivity index (χ1) is 5.77. The number of aromatic nitrogens is 3. The van der Waals surface area contributed by atoms with Crippen LogP contribution < -0.4 is 0 Å². The van der Waals surface area contributed by atoms with Gasteiger partial charge in [-0.1, -0.05) is 19.1 Å². The van der Waals surface area contributed by atoms with E-state index in [0.29, 0.717) is 12.1 Å². The summed E-state index contributed by atoms with van der Waals surface area (Å²) in [7, 11) is 0. The third-order valence-electron chi connectivity index (χ3n) is 1.74. The van der Waals surface area contributed by atoms with E-state index in [-0.39, 0.29) is 0 Å². The van der Waals surface area contributed by atoms with Crippen LogP contribution in [0.4, 0.5) is 0 Å². The number of hydrogen-bond donors (Lipinski definition) is 1. The van der Waals surface area contributed by atoms with Crippen LogP contribution in [0.3, 0.4) is 0 Å². The van der Waals surface area contributed by atoms with Crippen LogP contribution in [0.2, 0.25) is 0 Å². The smallest absolute Gasteiger partial charge is 0.111 e. The van der Waals surface area contributed by atoms with Gasteiger partial charge in [-0.2, -0.15) is 0 Å². The molecule has 1 aromatic rings. The zero-order valence-corrected chi connectivity index (χ0v) is 7.56. The molecule has 0 aliphatic heterocycles. The van der Waals surface area contributed by atoms with Crippen LogP contribution >= 0.6 is 0 Å². The Kier molecular flexibility index (Phi) is 3.22. The molecule has 0 radical (unpaired) electrons. The fourth-order valence-electron chi connectivity index (χ4n) is 1.01. The van der Waals surface area contributed by atoms with Crippen molar-refractivity contribution < 1.29 is 5.11 Å². The van der Waals surface area contributed by atoms with Crippen LogP contribution in [0, 0.1) is 0 Å².